The van der Waals surface area contributed by atoms with E-state index in [1.54, 1.807) is 13.8 Å². The average Bonchev–Trinajstić information content (AvgIpc) is 3.58. The van der Waals surface area contributed by atoms with Crippen molar-refractivity contribution in [3.63, 3.8) is 0 Å². The minimum absolute atomic E-state index is 0.209. The Labute approximate surface area is 587 Å². The molecule has 0 atom stereocenters. The van der Waals surface area contributed by atoms with Crippen LogP contribution in [0.1, 0.15) is 19.4 Å². The van der Waals surface area contributed by atoms with E-state index >= 15 is 0 Å². The van der Waals surface area contributed by atoms with E-state index in [9.17, 15) is 9.59 Å². The van der Waals surface area contributed by atoms with Gasteiger partial charge in [-0.1, -0.05) is 0 Å². The van der Waals surface area contributed by atoms with E-state index in [-0.39, 0.29) is 123 Å². The second kappa shape index (κ2) is 42.7. The molecule has 0 bridgehead atoms. The molecule has 0 unspecified atom stereocenters. The van der Waals surface area contributed by atoms with Crippen LogP contribution in [-0.2, 0) is 14.3 Å². The first kappa shape index (κ1) is 72.8. The summed E-state index contributed by atoms with van der Waals surface area (Å²) in [5.74, 6) is 3.08. The number of carbonyl (C=O) groups excluding carboxylic acids is 2. The van der Waals surface area contributed by atoms with Gasteiger partial charge in [-0.2, -0.15) is 0 Å². The zero-order valence-electron chi connectivity index (χ0n) is 50.7. The third kappa shape index (κ3) is 29.7. The van der Waals surface area contributed by atoms with Gasteiger partial charge in [0.25, 0.3) is 0 Å². The van der Waals surface area contributed by atoms with Gasteiger partial charge in [-0.15, -0.1) is 0 Å². The maximum absolute atomic E-state index is 11.4. The zero-order valence-corrected chi connectivity index (χ0v) is 62.3. The molecular weight excluding hydrogens is 1700 g/mol. The Hall–Kier alpha value is -7.27. The predicted octanol–water partition coefficient (Wildman–Crippen LogP) is 9.90. The molecule has 8 nitrogen and oxygen atoms in total. The number of benzene rings is 10. The molecule has 10 aromatic carbocycles. The number of rotatable bonds is 24. The van der Waals surface area contributed by atoms with Gasteiger partial charge in [0, 0.05) is 0 Å². The second-order valence-corrected chi connectivity index (χ2v) is 35.0. The van der Waals surface area contributed by atoms with E-state index in [2.05, 4.69) is 221 Å². The van der Waals surface area contributed by atoms with Gasteiger partial charge < -0.3 is 0 Å². The Bertz CT molecular complexity index is 3740. The van der Waals surface area contributed by atoms with Crippen LogP contribution in [0.3, 0.4) is 0 Å². The summed E-state index contributed by atoms with van der Waals surface area (Å²) in [5.41, 5.74) is 2.00. The van der Waals surface area contributed by atoms with Crippen molar-refractivity contribution >= 4 is 159 Å². The fourth-order valence-electron chi connectivity index (χ4n) is 7.14. The first-order valence-corrected chi connectivity index (χ1v) is 40.0. The first-order valence-electron chi connectivity index (χ1n) is 28.4. The molecule has 0 aliphatic rings. The van der Waals surface area contributed by atoms with Gasteiger partial charge in [-0.05, 0) is 0 Å². The zero-order chi connectivity index (χ0) is 64.7. The molecule has 0 heterocycles. The van der Waals surface area contributed by atoms with E-state index in [1.165, 1.54) is 60.5 Å². The molecule has 0 saturated heterocycles. The molecule has 10 rings (SSSR count). The summed E-state index contributed by atoms with van der Waals surface area (Å²) >= 11 is -1.55. The third-order valence-electron chi connectivity index (χ3n) is 11.5. The van der Waals surface area contributed by atoms with E-state index in [0.29, 0.717) is 23.5 Å². The maximum atomic E-state index is 11.4. The van der Waals surface area contributed by atoms with Crippen molar-refractivity contribution < 1.29 is 38.0 Å². The molecule has 91 heavy (non-hydrogen) atoms. The van der Waals surface area contributed by atoms with E-state index in [4.69, 9.17) is 28.4 Å². The fraction of sp³-hybridized carbons (Fsp3) is 0.0513. The molecular formula is C78H70O8Te5. The number of ether oxygens (including phenoxy) is 6. The SMILES string of the molecule is C=C(C)C(=O)OCCOc1ccc([Te]c2ccccc2)cc1.C=C(C)C(=O)Oc1ccc([Te]c2ccccc2)cc1.C=COc1ccc([Te]c2ccc(OC=C)cc2)cc1.C=COc1ccc([Te]c2ccccc2)cc1.C=Cc1ccc([Te]c2ccccc2)cc1. The number of hydrogen-bond acceptors (Lipinski definition) is 8. The molecule has 0 radical (unpaired) electrons. The number of esters is 2. The van der Waals surface area contributed by atoms with Gasteiger partial charge in [0.15, 0.2) is 0 Å². The van der Waals surface area contributed by atoms with E-state index in [1.807, 2.05) is 91.0 Å². The van der Waals surface area contributed by atoms with E-state index in [0.717, 1.165) is 23.0 Å². The van der Waals surface area contributed by atoms with Crippen molar-refractivity contribution in [3.8, 4) is 28.7 Å². The van der Waals surface area contributed by atoms with Crippen LogP contribution in [0.5, 0.6) is 28.7 Å². The summed E-state index contributed by atoms with van der Waals surface area (Å²) in [5, 5.41) is 0. The van der Waals surface area contributed by atoms with Crippen LogP contribution in [0.2, 0.25) is 0 Å². The summed E-state index contributed by atoms with van der Waals surface area (Å²) < 4.78 is 45.3. The minimum atomic E-state index is -0.382. The monoisotopic (exact) mass is 1780 g/mol. The topological polar surface area (TPSA) is 89.5 Å². The second-order valence-electron chi connectivity index (χ2n) is 18.7. The average molecular weight is 1770 g/mol. The molecule has 0 saturated carbocycles. The summed E-state index contributed by atoms with van der Waals surface area (Å²) in [6.07, 6.45) is 6.20. The molecule has 0 aliphatic heterocycles. The molecule has 0 fully saturated rings. The summed E-state index contributed by atoms with van der Waals surface area (Å²) in [4.78, 5) is 22.6. The Morgan fingerprint density at radius 2 is 0.571 bits per heavy atom. The molecule has 10 aromatic rings. The quantitative estimate of drug-likeness (QED) is 0.0148. The van der Waals surface area contributed by atoms with Crippen molar-refractivity contribution in [1.82, 2.24) is 0 Å². The van der Waals surface area contributed by atoms with Gasteiger partial charge in [0.2, 0.25) is 0 Å². The van der Waals surface area contributed by atoms with Crippen molar-refractivity contribution in [2.45, 2.75) is 13.8 Å². The Morgan fingerprint density at radius 3 is 0.835 bits per heavy atom. The normalized spacial score (nSPS) is 9.87. The Balaban J connectivity index is 0.000000182. The fourth-order valence-corrected chi connectivity index (χ4v) is 19.0. The molecule has 0 aliphatic carbocycles. The van der Waals surface area contributed by atoms with Crippen molar-refractivity contribution in [3.05, 3.63) is 342 Å². The molecule has 0 spiro atoms. The van der Waals surface area contributed by atoms with Crippen LogP contribution in [0.15, 0.2) is 336 Å². The van der Waals surface area contributed by atoms with Crippen LogP contribution in [0, 0.1) is 0 Å². The number of carbonyl (C=O) groups is 2. The first-order chi connectivity index (χ1) is 44.4. The third-order valence-corrected chi connectivity index (χ3v) is 26.0. The molecule has 0 aromatic heterocycles. The molecule has 13 heteroatoms. The predicted molar refractivity (Wildman–Crippen MR) is 384 cm³/mol. The van der Waals surface area contributed by atoms with Gasteiger partial charge in [0.1, 0.15) is 0 Å². The van der Waals surface area contributed by atoms with Crippen LogP contribution < -0.4 is 59.8 Å². The van der Waals surface area contributed by atoms with Crippen LogP contribution in [-0.4, -0.2) is 130 Å². The summed E-state index contributed by atoms with van der Waals surface area (Å²) in [7, 11) is 0. The van der Waals surface area contributed by atoms with Crippen LogP contribution in [0.25, 0.3) is 6.08 Å². The molecule has 0 amide bonds. The van der Waals surface area contributed by atoms with Gasteiger partial charge in [-0.25, -0.2) is 0 Å². The van der Waals surface area contributed by atoms with Crippen molar-refractivity contribution in [2.75, 3.05) is 13.2 Å². The van der Waals surface area contributed by atoms with Crippen LogP contribution >= 0.6 is 0 Å². The Morgan fingerprint density at radius 1 is 0.319 bits per heavy atom. The summed E-state index contributed by atoms with van der Waals surface area (Å²) in [6, 6.07) is 91.4. The van der Waals surface area contributed by atoms with Gasteiger partial charge >= 0.3 is 594 Å². The number of hydrogen-bond donors (Lipinski definition) is 0. The van der Waals surface area contributed by atoms with Crippen molar-refractivity contribution in [2.24, 2.45) is 0 Å². The standard InChI is InChI=1S/C18H18O3Te.2C16H14O2Te.C14H12OTe.C14H12Te/c1-14(2)18(19)21-13-12-20-15-8-10-17(11-9-15)22-16-6-4-3-5-7-16;1-12(2)16(17)18-13-8-10-15(11-9-13)19-14-6-4-3-5-7-14;1-3-17-13-5-9-15(10-6-13)19-16-11-7-14(8-12-16)18-4-2;1-2-15-12-8-10-14(11-9-12)16-13-6-4-3-5-7-13;1-2-12-8-10-14(11-9-12)15-13-6-4-3-5-7-13/h3-11H,1,12-13H2,2H3;3-11H,1H2,2H3;3-12H,1-2H2;2-11H,1H2;2-11H,1H2. The van der Waals surface area contributed by atoms with Crippen LogP contribution in [0.4, 0.5) is 0 Å². The molecule has 460 valence electrons. The van der Waals surface area contributed by atoms with Gasteiger partial charge in [-0.3, -0.25) is 0 Å². The Kier molecular flexibility index (Phi) is 34.2. The summed E-state index contributed by atoms with van der Waals surface area (Å²) in [6.45, 7) is 25.3. The molecule has 0 N–H and O–H groups in total. The van der Waals surface area contributed by atoms with E-state index < -0.39 is 0 Å². The van der Waals surface area contributed by atoms with Crippen molar-refractivity contribution in [1.29, 1.82) is 0 Å². The van der Waals surface area contributed by atoms with Gasteiger partial charge in [0.05, 0.1) is 0 Å².